The van der Waals surface area contributed by atoms with Crippen LogP contribution in [0.15, 0.2) is 36.5 Å². The molecule has 3 aromatic rings. The Bertz CT molecular complexity index is 1560. The van der Waals surface area contributed by atoms with Crippen molar-refractivity contribution in [3.63, 3.8) is 0 Å². The molecule has 12 nitrogen and oxygen atoms in total. The van der Waals surface area contributed by atoms with Crippen LogP contribution in [0, 0.1) is 0 Å². The van der Waals surface area contributed by atoms with Crippen molar-refractivity contribution in [1.29, 1.82) is 0 Å². The minimum absolute atomic E-state index is 0.243. The second-order valence-corrected chi connectivity index (χ2v) is 13.1. The van der Waals surface area contributed by atoms with E-state index >= 15 is 0 Å². The molecule has 3 heterocycles. The summed E-state index contributed by atoms with van der Waals surface area (Å²) < 4.78 is 37.8. The zero-order valence-electron chi connectivity index (χ0n) is 25.6. The third kappa shape index (κ3) is 7.57. The number of hydrogen-bond acceptors (Lipinski definition) is 11. The molecule has 2 aliphatic rings. The van der Waals surface area contributed by atoms with Gasteiger partial charge in [0.05, 0.1) is 38.0 Å². The van der Waals surface area contributed by atoms with Gasteiger partial charge in [0, 0.05) is 57.1 Å². The van der Waals surface area contributed by atoms with E-state index in [0.717, 1.165) is 70.5 Å². The van der Waals surface area contributed by atoms with E-state index in [4.69, 9.17) is 21.1 Å². The Kier molecular flexibility index (Phi) is 10.2. The van der Waals surface area contributed by atoms with Crippen molar-refractivity contribution in [1.82, 2.24) is 20.2 Å². The summed E-state index contributed by atoms with van der Waals surface area (Å²) in [5.41, 5.74) is 3.77. The van der Waals surface area contributed by atoms with E-state index in [1.165, 1.54) is 24.6 Å². The molecule has 0 radical (unpaired) electrons. The molecule has 5 rings (SSSR count). The van der Waals surface area contributed by atoms with Gasteiger partial charge in [0.2, 0.25) is 16.0 Å². The lowest BCUT2D eigenvalue weighted by molar-refractivity contribution is 0.150. The van der Waals surface area contributed by atoms with Crippen LogP contribution in [0.25, 0.3) is 0 Å². The second-order valence-electron chi connectivity index (χ2n) is 10.9. The molecule has 2 aromatic carbocycles. The Balaban J connectivity index is 1.37. The summed E-state index contributed by atoms with van der Waals surface area (Å²) in [6, 6.07) is 9.83. The standard InChI is InChI=1S/C30H41ClN8O4S/c1-5-20-17-24(27(43-3)18-25(20)39-13-9-21(10-14-39)38-15-11-32-12-16-38)34-30-33-19-22(31)29(36-30)35-28-23(37-44(4,40)41)7-6-8-26(28)42-2/h6-8,17-19,21,32,37H,5,9-16H2,1-4H3,(H2,33,34,35,36). The van der Waals surface area contributed by atoms with Crippen molar-refractivity contribution in [2.24, 2.45) is 0 Å². The first-order valence-electron chi connectivity index (χ1n) is 14.8. The molecule has 4 N–H and O–H groups in total. The number of benzene rings is 2. The highest BCUT2D eigenvalue weighted by molar-refractivity contribution is 7.92. The van der Waals surface area contributed by atoms with Crippen LogP contribution in [0.2, 0.25) is 5.02 Å². The number of para-hydroxylation sites is 1. The van der Waals surface area contributed by atoms with Crippen LogP contribution < -0.4 is 35.0 Å². The van der Waals surface area contributed by atoms with Crippen molar-refractivity contribution in [3.8, 4) is 11.5 Å². The number of halogens is 1. The zero-order valence-corrected chi connectivity index (χ0v) is 27.2. The first-order valence-corrected chi connectivity index (χ1v) is 17.1. The highest BCUT2D eigenvalue weighted by atomic mass is 35.5. The number of hydrogen-bond donors (Lipinski definition) is 4. The SMILES string of the molecule is CCc1cc(Nc2ncc(Cl)c(Nc3c(NS(C)(=O)=O)cccc3OC)n2)c(OC)cc1N1CCC(N2CCNCC2)CC1. The number of anilines is 6. The maximum Gasteiger partial charge on any atom is 0.229 e. The Morgan fingerprint density at radius 2 is 1.75 bits per heavy atom. The molecular weight excluding hydrogens is 604 g/mol. The van der Waals surface area contributed by atoms with Crippen LogP contribution >= 0.6 is 11.6 Å². The highest BCUT2D eigenvalue weighted by Gasteiger charge is 2.27. The molecule has 0 saturated carbocycles. The smallest absolute Gasteiger partial charge is 0.229 e. The van der Waals surface area contributed by atoms with Gasteiger partial charge in [-0.1, -0.05) is 24.6 Å². The first-order chi connectivity index (χ1) is 21.2. The van der Waals surface area contributed by atoms with Crippen LogP contribution in [-0.4, -0.2) is 89.1 Å². The number of methoxy groups -OCH3 is 2. The molecule has 0 amide bonds. The Morgan fingerprint density at radius 3 is 2.41 bits per heavy atom. The quantitative estimate of drug-likeness (QED) is 0.236. The molecular formula is C30H41ClN8O4S. The van der Waals surface area contributed by atoms with Crippen molar-refractivity contribution in [2.45, 2.75) is 32.2 Å². The number of nitrogens with zero attached hydrogens (tertiary/aromatic N) is 4. The van der Waals surface area contributed by atoms with E-state index in [9.17, 15) is 8.42 Å². The summed E-state index contributed by atoms with van der Waals surface area (Å²) >= 11 is 6.47. The van der Waals surface area contributed by atoms with E-state index < -0.39 is 10.0 Å². The monoisotopic (exact) mass is 644 g/mol. The molecule has 0 aliphatic carbocycles. The Morgan fingerprint density at radius 1 is 1.02 bits per heavy atom. The summed E-state index contributed by atoms with van der Waals surface area (Å²) in [4.78, 5) is 14.1. The van der Waals surface area contributed by atoms with Gasteiger partial charge >= 0.3 is 0 Å². The molecule has 0 unspecified atom stereocenters. The maximum atomic E-state index is 12.0. The number of nitrogens with one attached hydrogen (secondary N) is 4. The fourth-order valence-electron chi connectivity index (χ4n) is 5.85. The minimum atomic E-state index is -3.56. The maximum absolute atomic E-state index is 12.0. The molecule has 0 spiro atoms. The number of rotatable bonds is 11. The van der Waals surface area contributed by atoms with Gasteiger partial charge in [0.25, 0.3) is 0 Å². The Labute approximate surface area is 264 Å². The number of aromatic nitrogens is 2. The van der Waals surface area contributed by atoms with E-state index in [1.807, 2.05) is 0 Å². The molecule has 0 bridgehead atoms. The lowest BCUT2D eigenvalue weighted by Gasteiger charge is -2.41. The number of piperazine rings is 1. The molecule has 2 saturated heterocycles. The van der Waals surface area contributed by atoms with Gasteiger partial charge in [0.15, 0.2) is 5.82 Å². The van der Waals surface area contributed by atoms with Gasteiger partial charge < -0.3 is 30.3 Å². The van der Waals surface area contributed by atoms with E-state index in [-0.39, 0.29) is 22.5 Å². The van der Waals surface area contributed by atoms with Crippen LogP contribution in [-0.2, 0) is 16.4 Å². The van der Waals surface area contributed by atoms with Crippen molar-refractivity contribution < 1.29 is 17.9 Å². The minimum Gasteiger partial charge on any atom is -0.494 e. The van der Waals surface area contributed by atoms with Crippen LogP contribution in [0.4, 0.5) is 34.5 Å². The normalized spacial score (nSPS) is 16.4. The molecule has 14 heteroatoms. The largest absolute Gasteiger partial charge is 0.494 e. The van der Waals surface area contributed by atoms with Gasteiger partial charge in [-0.2, -0.15) is 4.98 Å². The van der Waals surface area contributed by atoms with Gasteiger partial charge in [-0.3, -0.25) is 9.62 Å². The first kappa shape index (κ1) is 31.9. The van der Waals surface area contributed by atoms with Crippen molar-refractivity contribution >= 4 is 56.1 Å². The summed E-state index contributed by atoms with van der Waals surface area (Å²) in [5, 5.41) is 10.1. The van der Waals surface area contributed by atoms with Gasteiger partial charge in [-0.05, 0) is 43.0 Å². The van der Waals surface area contributed by atoms with Gasteiger partial charge in [0.1, 0.15) is 22.2 Å². The summed E-state index contributed by atoms with van der Waals surface area (Å²) in [7, 11) is -0.407. The van der Waals surface area contributed by atoms with E-state index in [0.29, 0.717) is 23.2 Å². The lowest BCUT2D eigenvalue weighted by Crippen LogP contribution is -2.52. The number of sulfonamides is 1. The van der Waals surface area contributed by atoms with Crippen LogP contribution in [0.5, 0.6) is 11.5 Å². The molecule has 238 valence electrons. The zero-order chi connectivity index (χ0) is 31.3. The third-order valence-corrected chi connectivity index (χ3v) is 8.90. The predicted molar refractivity (Wildman–Crippen MR) is 177 cm³/mol. The summed E-state index contributed by atoms with van der Waals surface area (Å²) in [6.07, 6.45) is 5.70. The average molecular weight is 645 g/mol. The van der Waals surface area contributed by atoms with Gasteiger partial charge in [-0.25, -0.2) is 13.4 Å². The topological polar surface area (TPSA) is 133 Å². The summed E-state index contributed by atoms with van der Waals surface area (Å²) in [6.45, 7) is 8.56. The second kappa shape index (κ2) is 14.1. The molecule has 2 aliphatic heterocycles. The van der Waals surface area contributed by atoms with Crippen molar-refractivity contribution in [3.05, 3.63) is 47.1 Å². The molecule has 1 aromatic heterocycles. The number of aryl methyl sites for hydroxylation is 1. The van der Waals surface area contributed by atoms with E-state index in [2.05, 4.69) is 59.5 Å². The van der Waals surface area contributed by atoms with Crippen LogP contribution in [0.3, 0.4) is 0 Å². The molecule has 44 heavy (non-hydrogen) atoms. The summed E-state index contributed by atoms with van der Waals surface area (Å²) in [5.74, 6) is 1.64. The fourth-order valence-corrected chi connectivity index (χ4v) is 6.55. The fraction of sp³-hybridized carbons (Fsp3) is 0.467. The lowest BCUT2D eigenvalue weighted by atomic mass is 9.99. The number of ether oxygens (including phenoxy) is 2. The highest BCUT2D eigenvalue weighted by Crippen LogP contribution is 2.39. The third-order valence-electron chi connectivity index (χ3n) is 8.03. The average Bonchev–Trinajstić information content (AvgIpc) is 3.03. The Hall–Kier alpha value is -3.52. The number of piperidine rings is 1. The van der Waals surface area contributed by atoms with Crippen molar-refractivity contribution in [2.75, 3.05) is 80.0 Å². The van der Waals surface area contributed by atoms with Gasteiger partial charge in [-0.15, -0.1) is 0 Å². The predicted octanol–water partition coefficient (Wildman–Crippen LogP) is 4.44. The molecule has 0 atom stereocenters. The molecule has 2 fully saturated rings. The van der Waals surface area contributed by atoms with E-state index in [1.54, 1.807) is 25.3 Å². The van der Waals surface area contributed by atoms with Crippen LogP contribution in [0.1, 0.15) is 25.3 Å².